The molecule has 0 aliphatic carbocycles. The van der Waals surface area contributed by atoms with E-state index in [1.807, 2.05) is 30.3 Å². The standard InChI is InChI=1S/C27H31N5O6/c1-18(2)38-25(33)23-19(3)28-26(34)31(24(23)20-9-7-12-22(17-20)32(36)37)14-8-13-29-15-16-30(27(29)35)21-10-5-4-6-11-21/h4-7,9-12,17-18,23-24H,8,13-16H2,1-3H3. The molecule has 11 nitrogen and oxygen atoms in total. The van der Waals surface area contributed by atoms with Gasteiger partial charge in [0.1, 0.15) is 5.92 Å². The summed E-state index contributed by atoms with van der Waals surface area (Å²) in [6, 6.07) is 13.9. The van der Waals surface area contributed by atoms with Crippen molar-refractivity contribution < 1.29 is 24.0 Å². The van der Waals surface area contributed by atoms with Crippen LogP contribution < -0.4 is 4.90 Å². The Morgan fingerprint density at radius 3 is 2.53 bits per heavy atom. The molecule has 4 amide bonds. The Balaban J connectivity index is 1.55. The number of hydrogen-bond acceptors (Lipinski definition) is 6. The molecular formula is C27H31N5O6. The number of hydrogen-bond donors (Lipinski definition) is 0. The van der Waals surface area contributed by atoms with Crippen LogP contribution in [0.5, 0.6) is 0 Å². The van der Waals surface area contributed by atoms with Crippen molar-refractivity contribution in [2.45, 2.75) is 39.3 Å². The minimum Gasteiger partial charge on any atom is -0.462 e. The quantitative estimate of drug-likeness (QED) is 0.273. The topological polar surface area (TPSA) is 126 Å². The molecule has 0 radical (unpaired) electrons. The number of nitrogens with zero attached hydrogens (tertiary/aromatic N) is 5. The number of para-hydroxylation sites is 1. The lowest BCUT2D eigenvalue weighted by molar-refractivity contribution is -0.385. The molecule has 1 saturated heterocycles. The number of carbonyl (C=O) groups is 3. The van der Waals surface area contributed by atoms with Crippen LogP contribution in [-0.2, 0) is 9.53 Å². The first-order valence-corrected chi connectivity index (χ1v) is 12.6. The summed E-state index contributed by atoms with van der Waals surface area (Å²) in [5, 5.41) is 11.5. The minimum absolute atomic E-state index is 0.108. The lowest BCUT2D eigenvalue weighted by Gasteiger charge is -2.39. The third-order valence-electron chi connectivity index (χ3n) is 6.64. The van der Waals surface area contributed by atoms with Gasteiger partial charge >= 0.3 is 18.0 Å². The van der Waals surface area contributed by atoms with Crippen molar-refractivity contribution >= 4 is 35.1 Å². The number of amides is 4. The number of esters is 1. The molecular weight excluding hydrogens is 490 g/mol. The summed E-state index contributed by atoms with van der Waals surface area (Å²) >= 11 is 0. The van der Waals surface area contributed by atoms with Crippen molar-refractivity contribution in [2.24, 2.45) is 10.9 Å². The van der Waals surface area contributed by atoms with Crippen LogP contribution in [-0.4, -0.2) is 70.7 Å². The van der Waals surface area contributed by atoms with Gasteiger partial charge in [0.2, 0.25) is 0 Å². The van der Waals surface area contributed by atoms with Crippen LogP contribution >= 0.6 is 0 Å². The molecule has 2 atom stereocenters. The molecule has 2 aromatic rings. The van der Waals surface area contributed by atoms with E-state index < -0.39 is 28.9 Å². The summed E-state index contributed by atoms with van der Waals surface area (Å²) in [4.78, 5) is 59.1. The van der Waals surface area contributed by atoms with Crippen LogP contribution in [0.3, 0.4) is 0 Å². The summed E-state index contributed by atoms with van der Waals surface area (Å²) in [5.74, 6) is -1.47. The molecule has 0 bridgehead atoms. The molecule has 2 aromatic carbocycles. The molecule has 2 heterocycles. The predicted molar refractivity (Wildman–Crippen MR) is 141 cm³/mol. The van der Waals surface area contributed by atoms with Gasteiger partial charge < -0.3 is 14.5 Å². The maximum atomic E-state index is 13.1. The summed E-state index contributed by atoms with van der Waals surface area (Å²) in [5.41, 5.74) is 1.42. The zero-order chi connectivity index (χ0) is 27.4. The fourth-order valence-corrected chi connectivity index (χ4v) is 4.92. The van der Waals surface area contributed by atoms with Gasteiger partial charge in [0.05, 0.1) is 17.1 Å². The first-order chi connectivity index (χ1) is 18.2. The number of non-ortho nitro benzene ring substituents is 1. The Kier molecular flexibility index (Phi) is 8.04. The second-order valence-electron chi connectivity index (χ2n) is 9.60. The molecule has 1 fully saturated rings. The molecule has 0 saturated carbocycles. The third kappa shape index (κ3) is 5.66. The highest BCUT2D eigenvalue weighted by molar-refractivity contribution is 6.08. The molecule has 200 valence electrons. The van der Waals surface area contributed by atoms with Crippen molar-refractivity contribution in [1.82, 2.24) is 9.80 Å². The molecule has 2 unspecified atom stereocenters. The van der Waals surface area contributed by atoms with Crippen LogP contribution in [0.25, 0.3) is 0 Å². The normalized spacial score (nSPS) is 19.7. The number of aliphatic imine (C=N–C) groups is 1. The maximum absolute atomic E-state index is 13.1. The average Bonchev–Trinajstić information content (AvgIpc) is 3.25. The van der Waals surface area contributed by atoms with E-state index in [2.05, 4.69) is 4.99 Å². The Hall–Kier alpha value is -4.28. The van der Waals surface area contributed by atoms with Crippen molar-refractivity contribution in [3.63, 3.8) is 0 Å². The molecule has 2 aliphatic rings. The largest absolute Gasteiger partial charge is 0.462 e. The number of benzene rings is 2. The van der Waals surface area contributed by atoms with Crippen LogP contribution in [0.4, 0.5) is 21.0 Å². The molecule has 38 heavy (non-hydrogen) atoms. The first kappa shape index (κ1) is 26.8. The molecule has 0 aromatic heterocycles. The van der Waals surface area contributed by atoms with E-state index in [0.717, 1.165) is 5.69 Å². The number of nitro groups is 1. The predicted octanol–water partition coefficient (Wildman–Crippen LogP) is 4.43. The maximum Gasteiger partial charge on any atom is 0.344 e. The van der Waals surface area contributed by atoms with E-state index in [1.54, 1.807) is 36.6 Å². The first-order valence-electron chi connectivity index (χ1n) is 12.6. The zero-order valence-corrected chi connectivity index (χ0v) is 21.6. The van der Waals surface area contributed by atoms with E-state index in [9.17, 15) is 24.5 Å². The van der Waals surface area contributed by atoms with Gasteiger partial charge in [-0.3, -0.25) is 19.8 Å². The van der Waals surface area contributed by atoms with Crippen LogP contribution in [0.15, 0.2) is 59.6 Å². The van der Waals surface area contributed by atoms with Gasteiger partial charge in [-0.1, -0.05) is 30.3 Å². The summed E-state index contributed by atoms with van der Waals surface area (Å²) in [7, 11) is 0. The van der Waals surface area contributed by atoms with E-state index in [0.29, 0.717) is 37.3 Å². The van der Waals surface area contributed by atoms with Gasteiger partial charge in [-0.15, -0.1) is 0 Å². The fraction of sp³-hybridized carbons (Fsp3) is 0.407. The van der Waals surface area contributed by atoms with Crippen molar-refractivity contribution in [2.75, 3.05) is 31.1 Å². The van der Waals surface area contributed by atoms with Gasteiger partial charge in [0, 0.05) is 49.7 Å². The summed E-state index contributed by atoms with van der Waals surface area (Å²) in [6.45, 7) is 6.76. The van der Waals surface area contributed by atoms with Gasteiger partial charge in [0.15, 0.2) is 0 Å². The number of carbonyl (C=O) groups excluding carboxylic acids is 3. The van der Waals surface area contributed by atoms with E-state index in [4.69, 9.17) is 4.74 Å². The number of ether oxygens (including phenoxy) is 1. The minimum atomic E-state index is -0.918. The molecule has 11 heteroatoms. The van der Waals surface area contributed by atoms with Crippen LogP contribution in [0, 0.1) is 16.0 Å². The second kappa shape index (κ2) is 11.4. The van der Waals surface area contributed by atoms with Crippen LogP contribution in [0.1, 0.15) is 38.8 Å². The fourth-order valence-electron chi connectivity index (χ4n) is 4.92. The Bertz CT molecular complexity index is 1250. The Morgan fingerprint density at radius 1 is 1.11 bits per heavy atom. The van der Waals surface area contributed by atoms with Gasteiger partial charge in [-0.2, -0.15) is 0 Å². The summed E-state index contributed by atoms with van der Waals surface area (Å²) in [6.07, 6.45) is 0.0485. The highest BCUT2D eigenvalue weighted by Gasteiger charge is 2.43. The highest BCUT2D eigenvalue weighted by Crippen LogP contribution is 2.36. The smallest absolute Gasteiger partial charge is 0.344 e. The van der Waals surface area contributed by atoms with Crippen molar-refractivity contribution in [1.29, 1.82) is 0 Å². The van der Waals surface area contributed by atoms with Crippen molar-refractivity contribution in [3.8, 4) is 0 Å². The van der Waals surface area contributed by atoms with E-state index in [1.165, 1.54) is 23.1 Å². The lowest BCUT2D eigenvalue weighted by atomic mass is 9.86. The third-order valence-corrected chi connectivity index (χ3v) is 6.64. The Morgan fingerprint density at radius 2 is 1.84 bits per heavy atom. The van der Waals surface area contributed by atoms with Crippen LogP contribution in [0.2, 0.25) is 0 Å². The Labute approximate surface area is 220 Å². The number of urea groups is 2. The van der Waals surface area contributed by atoms with E-state index >= 15 is 0 Å². The number of anilines is 1. The number of rotatable bonds is 9. The SMILES string of the molecule is CC1=NC(=O)N(CCCN2CCN(c3ccccc3)C2=O)C(c2cccc([N+](=O)[O-])c2)C1C(=O)OC(C)C. The molecule has 4 rings (SSSR count). The molecule has 0 spiro atoms. The second-order valence-corrected chi connectivity index (χ2v) is 9.60. The highest BCUT2D eigenvalue weighted by atomic mass is 16.6. The van der Waals surface area contributed by atoms with Gasteiger partial charge in [0.25, 0.3) is 5.69 Å². The summed E-state index contributed by atoms with van der Waals surface area (Å²) < 4.78 is 5.48. The zero-order valence-electron chi connectivity index (χ0n) is 21.6. The lowest BCUT2D eigenvalue weighted by Crippen LogP contribution is -2.48. The van der Waals surface area contributed by atoms with Crippen molar-refractivity contribution in [3.05, 3.63) is 70.3 Å². The van der Waals surface area contributed by atoms with E-state index in [-0.39, 0.29) is 24.4 Å². The number of nitro benzene ring substituents is 1. The average molecular weight is 522 g/mol. The molecule has 2 aliphatic heterocycles. The van der Waals surface area contributed by atoms with Gasteiger partial charge in [-0.25, -0.2) is 14.6 Å². The van der Waals surface area contributed by atoms with Gasteiger partial charge in [-0.05, 0) is 44.9 Å². The molecule has 0 N–H and O–H groups in total. The monoisotopic (exact) mass is 521 g/mol.